The average Bonchev–Trinajstić information content (AvgIpc) is 3.93. The van der Waals surface area contributed by atoms with Crippen LogP contribution in [-0.4, -0.2) is 29.1 Å². The third-order valence-corrected chi connectivity index (χ3v) is 13.0. The summed E-state index contributed by atoms with van der Waals surface area (Å²) in [5.41, 5.74) is 15.2. The Labute approximate surface area is 392 Å². The lowest BCUT2D eigenvalue weighted by atomic mass is 9.98. The first kappa shape index (κ1) is 39.1. The number of benzene rings is 9. The molecule has 0 unspecified atom stereocenters. The van der Waals surface area contributed by atoms with Crippen LogP contribution in [0.2, 0.25) is 0 Å². The van der Waals surface area contributed by atoms with Gasteiger partial charge in [-0.3, -0.25) is 4.98 Å². The van der Waals surface area contributed by atoms with Crippen molar-refractivity contribution in [3.8, 4) is 79.0 Å². The van der Waals surface area contributed by atoms with Crippen molar-refractivity contribution in [2.45, 2.75) is 0 Å². The quantitative estimate of drug-likeness (QED) is 0.153. The summed E-state index contributed by atoms with van der Waals surface area (Å²) in [7, 11) is 0. The summed E-state index contributed by atoms with van der Waals surface area (Å²) in [5, 5.41) is 4.65. The summed E-state index contributed by atoms with van der Waals surface area (Å²) >= 11 is 0. The number of hydrogen-bond donors (Lipinski definition) is 0. The first-order valence-corrected chi connectivity index (χ1v) is 22.9. The smallest absolute Gasteiger partial charge is 0.164 e. The summed E-state index contributed by atoms with van der Waals surface area (Å²) in [6.07, 6.45) is 1.90. The second-order valence-corrected chi connectivity index (χ2v) is 17.0. The topological polar surface area (TPSA) is 61.4 Å². The maximum absolute atomic E-state index is 5.41. The van der Waals surface area contributed by atoms with Crippen molar-refractivity contribution in [2.24, 2.45) is 0 Å². The Bertz CT molecular complexity index is 3950. The number of fused-ring (bicyclic) bond motifs is 6. The molecular formula is C62H40N6. The lowest BCUT2D eigenvalue weighted by Gasteiger charge is -2.20. The van der Waals surface area contributed by atoms with Crippen molar-refractivity contribution in [3.63, 3.8) is 0 Å². The second kappa shape index (κ2) is 16.3. The Morgan fingerprint density at radius 2 is 0.706 bits per heavy atom. The van der Waals surface area contributed by atoms with E-state index in [-0.39, 0.29) is 0 Å². The molecule has 0 aliphatic rings. The summed E-state index contributed by atoms with van der Waals surface area (Å²) < 4.78 is 4.77. The van der Waals surface area contributed by atoms with Crippen LogP contribution in [0.25, 0.3) is 123 Å². The monoisotopic (exact) mass is 868 g/mol. The Morgan fingerprint density at radius 3 is 1.24 bits per heavy atom. The van der Waals surface area contributed by atoms with Crippen LogP contribution in [0.5, 0.6) is 0 Å². The van der Waals surface area contributed by atoms with Crippen LogP contribution in [0.4, 0.5) is 0 Å². The van der Waals surface area contributed by atoms with Crippen molar-refractivity contribution in [1.29, 1.82) is 0 Å². The van der Waals surface area contributed by atoms with Gasteiger partial charge in [0.2, 0.25) is 0 Å². The van der Waals surface area contributed by atoms with E-state index in [2.05, 4.69) is 203 Å². The molecule has 0 N–H and O–H groups in total. The molecule has 0 bridgehead atoms. The van der Waals surface area contributed by atoms with E-state index in [4.69, 9.17) is 19.9 Å². The predicted molar refractivity (Wildman–Crippen MR) is 279 cm³/mol. The lowest BCUT2D eigenvalue weighted by molar-refractivity contribution is 1.07. The first-order valence-electron chi connectivity index (χ1n) is 22.9. The van der Waals surface area contributed by atoms with Crippen molar-refractivity contribution >= 4 is 43.6 Å². The fourth-order valence-electron chi connectivity index (χ4n) is 9.95. The summed E-state index contributed by atoms with van der Waals surface area (Å²) in [6.45, 7) is 0. The van der Waals surface area contributed by atoms with E-state index in [1.807, 2.05) is 48.7 Å². The molecule has 9 aromatic carbocycles. The van der Waals surface area contributed by atoms with Crippen LogP contribution in [-0.2, 0) is 0 Å². The van der Waals surface area contributed by atoms with Gasteiger partial charge in [-0.15, -0.1) is 0 Å². The van der Waals surface area contributed by atoms with Crippen molar-refractivity contribution in [1.82, 2.24) is 29.1 Å². The third kappa shape index (κ3) is 6.58. The number of hydrogen-bond acceptors (Lipinski definition) is 4. The Hall–Kier alpha value is -9.26. The number of aromatic nitrogens is 6. The highest BCUT2D eigenvalue weighted by Crippen LogP contribution is 2.45. The van der Waals surface area contributed by atoms with Crippen molar-refractivity contribution in [3.05, 3.63) is 243 Å². The van der Waals surface area contributed by atoms with Crippen LogP contribution < -0.4 is 0 Å². The van der Waals surface area contributed by atoms with Crippen LogP contribution in [0.1, 0.15) is 0 Å². The molecule has 6 heteroatoms. The highest BCUT2D eigenvalue weighted by atomic mass is 15.0. The van der Waals surface area contributed by atoms with Crippen molar-refractivity contribution in [2.75, 3.05) is 0 Å². The van der Waals surface area contributed by atoms with Gasteiger partial charge in [0.1, 0.15) is 0 Å². The number of rotatable bonds is 8. The van der Waals surface area contributed by atoms with Gasteiger partial charge >= 0.3 is 0 Å². The highest BCUT2D eigenvalue weighted by molar-refractivity contribution is 6.13. The van der Waals surface area contributed by atoms with Gasteiger partial charge in [-0.25, -0.2) is 15.0 Å². The SMILES string of the molecule is c1ccc(-c2ccc3c(c2)c2ccccc2n3-c2cccnc2-c2c(-c3nc(-c4ccccc4)nc(-c4ccccc4)n3)cccc2-n2c3ccccc3c3cc(-c4ccccc4)ccc32)cc1. The van der Waals surface area contributed by atoms with Crippen LogP contribution in [0, 0.1) is 0 Å². The van der Waals surface area contributed by atoms with Gasteiger partial charge in [-0.1, -0.05) is 182 Å². The molecule has 0 radical (unpaired) electrons. The van der Waals surface area contributed by atoms with Crippen molar-refractivity contribution < 1.29 is 0 Å². The van der Waals surface area contributed by atoms with Gasteiger partial charge in [0.25, 0.3) is 0 Å². The Balaban J connectivity index is 1.13. The molecule has 0 saturated heterocycles. The molecule has 13 rings (SSSR count). The van der Waals surface area contributed by atoms with E-state index in [0.29, 0.717) is 17.5 Å². The summed E-state index contributed by atoms with van der Waals surface area (Å²) in [4.78, 5) is 21.2. The van der Waals surface area contributed by atoms with E-state index in [1.165, 1.54) is 22.1 Å². The maximum atomic E-state index is 5.41. The minimum absolute atomic E-state index is 0.549. The normalized spacial score (nSPS) is 11.5. The summed E-state index contributed by atoms with van der Waals surface area (Å²) in [5.74, 6) is 1.73. The van der Waals surface area contributed by atoms with Crippen LogP contribution in [0.15, 0.2) is 243 Å². The molecule has 0 spiro atoms. The van der Waals surface area contributed by atoms with E-state index >= 15 is 0 Å². The molecular weight excluding hydrogens is 829 g/mol. The zero-order valence-electron chi connectivity index (χ0n) is 36.8. The number of pyridine rings is 1. The van der Waals surface area contributed by atoms with Gasteiger partial charge < -0.3 is 9.13 Å². The summed E-state index contributed by atoms with van der Waals surface area (Å²) in [6, 6.07) is 83.2. The molecule has 0 aliphatic heterocycles. The first-order chi connectivity index (χ1) is 33.7. The average molecular weight is 869 g/mol. The molecule has 4 aromatic heterocycles. The third-order valence-electron chi connectivity index (χ3n) is 13.0. The molecule has 0 fully saturated rings. The van der Waals surface area contributed by atoms with Gasteiger partial charge in [-0.2, -0.15) is 0 Å². The standard InChI is InChI=1S/C62H40N6/c1-5-19-41(20-6-1)45-34-36-54-50(39-45)47-27-13-15-30-52(47)67(54)56-32-17-29-49(62-65-60(43-23-9-3-10-24-43)64-61(66-62)44-25-11-4-12-26-44)58(56)59-57(33-18-38-63-59)68-53-31-16-14-28-48(53)51-40-46(35-37-55(51)68)42-21-7-2-8-22-42/h1-40H. The predicted octanol–water partition coefficient (Wildman–Crippen LogP) is 15.5. The van der Waals surface area contributed by atoms with E-state index < -0.39 is 0 Å². The number of para-hydroxylation sites is 2. The van der Waals surface area contributed by atoms with E-state index in [0.717, 1.165) is 83.1 Å². The van der Waals surface area contributed by atoms with Gasteiger partial charge in [-0.05, 0) is 76.9 Å². The molecule has 0 saturated carbocycles. The fourth-order valence-corrected chi connectivity index (χ4v) is 9.95. The molecule has 4 heterocycles. The van der Waals surface area contributed by atoms with Gasteiger partial charge in [0.05, 0.1) is 39.1 Å². The molecule has 6 nitrogen and oxygen atoms in total. The zero-order valence-corrected chi connectivity index (χ0v) is 36.8. The maximum Gasteiger partial charge on any atom is 0.164 e. The van der Waals surface area contributed by atoms with E-state index in [1.54, 1.807) is 0 Å². The van der Waals surface area contributed by atoms with Gasteiger partial charge in [0, 0.05) is 50.0 Å². The minimum Gasteiger partial charge on any atom is -0.309 e. The lowest BCUT2D eigenvalue weighted by Crippen LogP contribution is -2.06. The Morgan fingerprint density at radius 1 is 0.279 bits per heavy atom. The molecule has 318 valence electrons. The fraction of sp³-hybridized carbons (Fsp3) is 0. The molecule has 0 aliphatic carbocycles. The van der Waals surface area contributed by atoms with Crippen LogP contribution >= 0.6 is 0 Å². The highest BCUT2D eigenvalue weighted by Gasteiger charge is 2.26. The largest absolute Gasteiger partial charge is 0.309 e. The van der Waals surface area contributed by atoms with E-state index in [9.17, 15) is 0 Å². The zero-order chi connectivity index (χ0) is 45.0. The number of nitrogens with zero attached hydrogens (tertiary/aromatic N) is 6. The van der Waals surface area contributed by atoms with Gasteiger partial charge in [0.15, 0.2) is 17.5 Å². The molecule has 0 atom stereocenters. The molecule has 0 amide bonds. The minimum atomic E-state index is 0.549. The Kier molecular flexibility index (Phi) is 9.39. The molecule has 68 heavy (non-hydrogen) atoms. The van der Waals surface area contributed by atoms with Crippen LogP contribution in [0.3, 0.4) is 0 Å². The molecule has 13 aromatic rings. The second-order valence-electron chi connectivity index (χ2n) is 17.0.